The van der Waals surface area contributed by atoms with Gasteiger partial charge in [0.05, 0.1) is 5.52 Å². The number of pyridine rings is 3. The normalized spacial score (nSPS) is 11.8. The molecule has 30 heavy (non-hydrogen) atoms. The molecule has 0 saturated heterocycles. The Balaban J connectivity index is 1.79. The zero-order valence-corrected chi connectivity index (χ0v) is 17.7. The maximum absolute atomic E-state index is 12.1. The lowest BCUT2D eigenvalue weighted by atomic mass is 10.0. The number of rotatable bonds is 3. The van der Waals surface area contributed by atoms with Crippen LogP contribution in [-0.4, -0.2) is 36.3 Å². The Labute approximate surface area is 174 Å². The summed E-state index contributed by atoms with van der Waals surface area (Å²) in [4.78, 5) is 25.5. The van der Waals surface area contributed by atoms with Crippen LogP contribution in [0.5, 0.6) is 0 Å². The summed E-state index contributed by atoms with van der Waals surface area (Å²) in [6.45, 7) is 9.59. The maximum Gasteiger partial charge on any atom is 0.413 e. The van der Waals surface area contributed by atoms with Gasteiger partial charge in [0, 0.05) is 40.7 Å². The lowest BCUT2D eigenvalue weighted by Gasteiger charge is -2.19. The van der Waals surface area contributed by atoms with E-state index in [2.05, 4.69) is 45.3 Å². The number of ether oxygens (including phenoxy) is 1. The molecule has 4 aromatic heterocycles. The van der Waals surface area contributed by atoms with E-state index in [9.17, 15) is 4.79 Å². The monoisotopic (exact) mass is 404 g/mol. The highest BCUT2D eigenvalue weighted by atomic mass is 16.6. The Morgan fingerprint density at radius 3 is 2.60 bits per heavy atom. The predicted molar refractivity (Wildman–Crippen MR) is 115 cm³/mol. The Hall–Kier alpha value is -3.55. The van der Waals surface area contributed by atoms with E-state index < -0.39 is 11.7 Å². The molecular formula is C22H24N6O2. The molecule has 0 bridgehead atoms. The van der Waals surface area contributed by atoms with Crippen LogP contribution in [0.3, 0.4) is 0 Å². The van der Waals surface area contributed by atoms with Crippen LogP contribution in [0, 0.1) is 6.92 Å². The first-order chi connectivity index (χ1) is 14.2. The van der Waals surface area contributed by atoms with E-state index >= 15 is 0 Å². The van der Waals surface area contributed by atoms with Crippen LogP contribution >= 0.6 is 0 Å². The summed E-state index contributed by atoms with van der Waals surface area (Å²) >= 11 is 0. The molecule has 0 aliphatic rings. The second-order valence-electron chi connectivity index (χ2n) is 8.15. The van der Waals surface area contributed by atoms with Gasteiger partial charge in [0.25, 0.3) is 0 Å². The van der Waals surface area contributed by atoms with Crippen LogP contribution in [0.2, 0.25) is 0 Å². The first-order valence-electron chi connectivity index (χ1n) is 9.83. The summed E-state index contributed by atoms with van der Waals surface area (Å²) < 4.78 is 7.05. The molecule has 0 fully saturated rings. The van der Waals surface area contributed by atoms with Gasteiger partial charge in [-0.05, 0) is 51.8 Å². The van der Waals surface area contributed by atoms with E-state index in [0.29, 0.717) is 11.5 Å². The van der Waals surface area contributed by atoms with Crippen molar-refractivity contribution in [3.63, 3.8) is 0 Å². The Bertz CT molecular complexity index is 1260. The number of hydrogen-bond acceptors (Lipinski definition) is 6. The minimum Gasteiger partial charge on any atom is -0.444 e. The van der Waals surface area contributed by atoms with Gasteiger partial charge >= 0.3 is 6.09 Å². The largest absolute Gasteiger partial charge is 0.444 e. The number of anilines is 1. The number of aromatic nitrogens is 5. The average Bonchev–Trinajstić information content (AvgIpc) is 3.16. The standard InChI is InChI=1S/C22H24N6O2/c1-6-15-7-13(2)17(11-23-15)16-8-14-10-24-19(27-21(29)30-22(3,4)5)9-18(14)28-20(16)25-12-26-28/h7-12H,6H2,1-5H3,(H,24,27,29). The van der Waals surface area contributed by atoms with Crippen molar-refractivity contribution in [1.29, 1.82) is 0 Å². The van der Waals surface area contributed by atoms with Crippen LogP contribution in [-0.2, 0) is 11.2 Å². The molecule has 8 heteroatoms. The molecule has 1 amide bonds. The third-order valence-electron chi connectivity index (χ3n) is 4.68. The van der Waals surface area contributed by atoms with E-state index in [4.69, 9.17) is 4.74 Å². The number of aryl methyl sites for hydroxylation is 2. The van der Waals surface area contributed by atoms with Crippen molar-refractivity contribution in [3.8, 4) is 11.1 Å². The highest BCUT2D eigenvalue weighted by Gasteiger charge is 2.18. The van der Waals surface area contributed by atoms with Crippen LogP contribution in [0.1, 0.15) is 39.0 Å². The first kappa shape index (κ1) is 19.8. The van der Waals surface area contributed by atoms with Crippen molar-refractivity contribution < 1.29 is 9.53 Å². The van der Waals surface area contributed by atoms with Gasteiger partial charge in [-0.15, -0.1) is 0 Å². The summed E-state index contributed by atoms with van der Waals surface area (Å²) in [5.74, 6) is 0.381. The molecule has 8 nitrogen and oxygen atoms in total. The summed E-state index contributed by atoms with van der Waals surface area (Å²) in [5.41, 5.74) is 5.02. The van der Waals surface area contributed by atoms with Crippen molar-refractivity contribution in [2.75, 3.05) is 5.32 Å². The summed E-state index contributed by atoms with van der Waals surface area (Å²) in [6, 6.07) is 5.88. The minimum atomic E-state index is -0.589. The summed E-state index contributed by atoms with van der Waals surface area (Å²) in [7, 11) is 0. The Kier molecular flexibility index (Phi) is 4.85. The van der Waals surface area contributed by atoms with Gasteiger partial charge in [-0.1, -0.05) is 6.92 Å². The second-order valence-corrected chi connectivity index (χ2v) is 8.15. The molecule has 0 atom stereocenters. The van der Waals surface area contributed by atoms with Gasteiger partial charge in [0.2, 0.25) is 0 Å². The predicted octanol–water partition coefficient (Wildman–Crippen LogP) is 4.56. The maximum atomic E-state index is 12.1. The van der Waals surface area contributed by atoms with Gasteiger partial charge in [0.1, 0.15) is 17.7 Å². The van der Waals surface area contributed by atoms with Crippen LogP contribution in [0.15, 0.2) is 36.9 Å². The van der Waals surface area contributed by atoms with Crippen molar-refractivity contribution >= 4 is 28.5 Å². The van der Waals surface area contributed by atoms with E-state index in [0.717, 1.165) is 39.7 Å². The molecule has 154 valence electrons. The van der Waals surface area contributed by atoms with E-state index in [-0.39, 0.29) is 0 Å². The highest BCUT2D eigenvalue weighted by molar-refractivity contribution is 5.93. The molecule has 0 radical (unpaired) electrons. The zero-order valence-electron chi connectivity index (χ0n) is 17.7. The SMILES string of the molecule is CCc1cc(C)c(-c2cc3cnc(NC(=O)OC(C)(C)C)cc3n3ncnc23)cn1. The van der Waals surface area contributed by atoms with Crippen molar-refractivity contribution in [2.24, 2.45) is 0 Å². The molecule has 0 unspecified atom stereocenters. The van der Waals surface area contributed by atoms with Crippen molar-refractivity contribution in [2.45, 2.75) is 46.6 Å². The smallest absolute Gasteiger partial charge is 0.413 e. The van der Waals surface area contributed by atoms with Gasteiger partial charge < -0.3 is 4.74 Å². The fourth-order valence-corrected chi connectivity index (χ4v) is 3.34. The quantitative estimate of drug-likeness (QED) is 0.538. The molecule has 0 spiro atoms. The van der Waals surface area contributed by atoms with Crippen molar-refractivity contribution in [3.05, 3.63) is 48.2 Å². The second kappa shape index (κ2) is 7.37. The van der Waals surface area contributed by atoms with Gasteiger partial charge in [-0.2, -0.15) is 5.10 Å². The third kappa shape index (κ3) is 3.80. The highest BCUT2D eigenvalue weighted by Crippen LogP contribution is 2.31. The molecule has 4 rings (SSSR count). The van der Waals surface area contributed by atoms with Crippen LogP contribution in [0.25, 0.3) is 27.7 Å². The van der Waals surface area contributed by atoms with Crippen LogP contribution < -0.4 is 5.32 Å². The lowest BCUT2D eigenvalue weighted by Crippen LogP contribution is -2.27. The fraction of sp³-hybridized carbons (Fsp3) is 0.318. The number of amides is 1. The number of carbonyl (C=O) groups is 1. The minimum absolute atomic E-state index is 0.381. The lowest BCUT2D eigenvalue weighted by molar-refractivity contribution is 0.0635. The molecule has 0 aliphatic heterocycles. The van der Waals surface area contributed by atoms with Gasteiger partial charge in [-0.3, -0.25) is 10.3 Å². The third-order valence-corrected chi connectivity index (χ3v) is 4.68. The molecule has 0 saturated carbocycles. The Morgan fingerprint density at radius 2 is 1.90 bits per heavy atom. The topological polar surface area (TPSA) is 94.3 Å². The molecule has 4 heterocycles. The van der Waals surface area contributed by atoms with E-state index in [1.54, 1.807) is 16.8 Å². The molecular weight excluding hydrogens is 380 g/mol. The number of fused-ring (bicyclic) bond motifs is 3. The average molecular weight is 404 g/mol. The van der Waals surface area contributed by atoms with E-state index in [1.807, 2.05) is 33.0 Å². The first-order valence-corrected chi connectivity index (χ1v) is 9.83. The number of carbonyl (C=O) groups excluding carboxylic acids is 1. The molecule has 0 aromatic carbocycles. The molecule has 1 N–H and O–H groups in total. The summed E-state index contributed by atoms with van der Waals surface area (Å²) in [5, 5.41) is 7.93. The number of nitrogens with one attached hydrogen (secondary N) is 1. The number of hydrogen-bond donors (Lipinski definition) is 1. The van der Waals surface area contributed by atoms with Gasteiger partial charge in [-0.25, -0.2) is 19.3 Å². The fourth-order valence-electron chi connectivity index (χ4n) is 3.34. The van der Waals surface area contributed by atoms with E-state index in [1.165, 1.54) is 6.33 Å². The number of nitrogens with zero attached hydrogens (tertiary/aromatic N) is 5. The molecule has 4 aromatic rings. The zero-order chi connectivity index (χ0) is 21.5. The summed E-state index contributed by atoms with van der Waals surface area (Å²) in [6.07, 6.45) is 5.43. The Morgan fingerprint density at radius 1 is 1.10 bits per heavy atom. The van der Waals surface area contributed by atoms with Crippen molar-refractivity contribution in [1.82, 2.24) is 24.6 Å². The van der Waals surface area contributed by atoms with Gasteiger partial charge in [0.15, 0.2) is 5.65 Å². The van der Waals surface area contributed by atoms with Crippen LogP contribution in [0.4, 0.5) is 10.6 Å². The molecule has 0 aliphatic carbocycles.